The first-order valence-corrected chi connectivity index (χ1v) is 18.0. The summed E-state index contributed by atoms with van der Waals surface area (Å²) < 4.78 is 0. The number of aromatic nitrogens is 6. The van der Waals surface area contributed by atoms with E-state index in [1.54, 1.807) is 36.4 Å². The maximum atomic E-state index is 11.3. The number of fused-ring (bicyclic) bond motifs is 2. The number of carboxylic acid groups (broad SMARTS) is 2. The molecule has 7 rings (SSSR count). The Morgan fingerprint density at radius 3 is 1.69 bits per heavy atom. The summed E-state index contributed by atoms with van der Waals surface area (Å²) in [6.45, 7) is 10.3. The molecule has 6 aromatic rings. The van der Waals surface area contributed by atoms with Crippen molar-refractivity contribution < 1.29 is 19.8 Å². The minimum Gasteiger partial charge on any atom is -0.478 e. The van der Waals surface area contributed by atoms with Gasteiger partial charge < -0.3 is 24.9 Å². The van der Waals surface area contributed by atoms with Gasteiger partial charge in [-0.1, -0.05) is 0 Å². The van der Waals surface area contributed by atoms with Crippen LogP contribution < -0.4 is 14.7 Å². The summed E-state index contributed by atoms with van der Waals surface area (Å²) in [5.41, 5.74) is 5.97. The van der Waals surface area contributed by atoms with Crippen LogP contribution in [0.2, 0.25) is 0 Å². The molecule has 0 saturated carbocycles. The molecule has 1 saturated heterocycles. The largest absolute Gasteiger partial charge is 0.478 e. The van der Waals surface area contributed by atoms with E-state index in [4.69, 9.17) is 15.2 Å². The monoisotopic (exact) mass is 738 g/mol. The first-order chi connectivity index (χ1) is 26.3. The van der Waals surface area contributed by atoms with Crippen molar-refractivity contribution >= 4 is 51.5 Å². The van der Waals surface area contributed by atoms with Crippen molar-refractivity contribution in [1.82, 2.24) is 29.9 Å². The fourth-order valence-electron chi connectivity index (χ4n) is 5.96. The normalized spacial score (nSPS) is 12.5. The predicted molar refractivity (Wildman–Crippen MR) is 213 cm³/mol. The Labute approximate surface area is 318 Å². The van der Waals surface area contributed by atoms with Crippen LogP contribution in [0.3, 0.4) is 0 Å². The van der Waals surface area contributed by atoms with Crippen LogP contribution in [-0.4, -0.2) is 91.3 Å². The Hall–Kier alpha value is -6.75. The second kappa shape index (κ2) is 16.1. The average Bonchev–Trinajstić information content (AvgIpc) is 3.74. The molecule has 280 valence electrons. The molecule has 2 N–H and O–H groups in total. The molecule has 1 aliphatic heterocycles. The number of nitrogens with zero attached hydrogens (tertiary/aromatic N) is 10. The van der Waals surface area contributed by atoms with Crippen molar-refractivity contribution in [3.63, 3.8) is 0 Å². The molecule has 55 heavy (non-hydrogen) atoms. The van der Waals surface area contributed by atoms with Gasteiger partial charge in [0.15, 0.2) is 11.6 Å². The summed E-state index contributed by atoms with van der Waals surface area (Å²) in [5, 5.41) is 27.4. The molecular weight excluding hydrogens is 697 g/mol. The van der Waals surface area contributed by atoms with Crippen LogP contribution >= 0.6 is 0 Å². The van der Waals surface area contributed by atoms with E-state index in [9.17, 15) is 19.8 Å². The highest BCUT2D eigenvalue weighted by molar-refractivity contribution is 5.94. The molecule has 0 radical (unpaired) electrons. The summed E-state index contributed by atoms with van der Waals surface area (Å²) in [6, 6.07) is 19.4. The SMILES string of the molecule is CC(C)N(C)c1nc2cc(C(=O)O)ccc2nc1-c1ccc(C#N)cn1.CC(C)N(C)c1nc2cc(C(=O)O)ccc2nc1-c1ccc(N2CCCC2)nc1. The number of rotatable bonds is 9. The van der Waals surface area contributed by atoms with Crippen molar-refractivity contribution in [3.8, 4) is 28.7 Å². The van der Waals surface area contributed by atoms with Gasteiger partial charge >= 0.3 is 11.9 Å². The van der Waals surface area contributed by atoms with Crippen molar-refractivity contribution in [1.29, 1.82) is 5.26 Å². The quantitative estimate of drug-likeness (QED) is 0.155. The Bertz CT molecular complexity index is 2410. The summed E-state index contributed by atoms with van der Waals surface area (Å²) in [7, 11) is 3.87. The first kappa shape index (κ1) is 38.0. The standard InChI is InChI=1S/C22H25N5O2.C19H17N5O2/c1-14(2)26(3)21-20(16-7-9-19(23-13-16)27-10-4-5-11-27)24-17-8-6-15(22(28)29)12-18(17)25-21;1-11(2)24(3)18-17(15-6-4-12(9-20)10-21-15)22-14-7-5-13(19(25)26)8-16(14)23-18/h6-9,12-14H,4-5,10-11H2,1-3H3,(H,28,29);4-8,10-11H,1-3H3,(H,25,26). The summed E-state index contributed by atoms with van der Waals surface area (Å²) in [6.07, 6.45) is 5.77. The van der Waals surface area contributed by atoms with Crippen molar-refractivity contribution in [2.75, 3.05) is 41.9 Å². The van der Waals surface area contributed by atoms with Crippen molar-refractivity contribution in [2.45, 2.75) is 52.6 Å². The van der Waals surface area contributed by atoms with Gasteiger partial charge in [-0.25, -0.2) is 34.5 Å². The van der Waals surface area contributed by atoms with E-state index in [1.165, 1.54) is 31.2 Å². The number of hydrogen-bond acceptors (Lipinski definition) is 12. The van der Waals surface area contributed by atoms with E-state index in [2.05, 4.69) is 38.7 Å². The number of carboxylic acids is 2. The van der Waals surface area contributed by atoms with E-state index < -0.39 is 11.9 Å². The van der Waals surface area contributed by atoms with Crippen molar-refractivity contribution in [3.05, 3.63) is 89.7 Å². The average molecular weight is 739 g/mol. The number of carbonyl (C=O) groups is 2. The Kier molecular flexibility index (Phi) is 11.1. The van der Waals surface area contributed by atoms with Gasteiger partial charge in [0.2, 0.25) is 0 Å². The number of hydrogen-bond donors (Lipinski definition) is 2. The molecule has 0 unspecified atom stereocenters. The minimum absolute atomic E-state index is 0.154. The molecule has 14 nitrogen and oxygen atoms in total. The molecule has 0 amide bonds. The number of nitriles is 1. The summed E-state index contributed by atoms with van der Waals surface area (Å²) in [4.78, 5) is 56.8. The highest BCUT2D eigenvalue weighted by atomic mass is 16.4. The third kappa shape index (κ3) is 8.26. The van der Waals surface area contributed by atoms with Crippen LogP contribution in [0.25, 0.3) is 44.7 Å². The lowest BCUT2D eigenvalue weighted by molar-refractivity contribution is 0.0686. The molecule has 0 spiro atoms. The highest BCUT2D eigenvalue weighted by Gasteiger charge is 2.21. The molecule has 5 heterocycles. The fourth-order valence-corrected chi connectivity index (χ4v) is 5.96. The van der Waals surface area contributed by atoms with Crippen LogP contribution in [0.15, 0.2) is 73.1 Å². The number of pyridine rings is 2. The zero-order valence-electron chi connectivity index (χ0n) is 31.6. The van der Waals surface area contributed by atoms with Crippen LogP contribution in [-0.2, 0) is 0 Å². The van der Waals surface area contributed by atoms with Gasteiger partial charge in [0.1, 0.15) is 23.3 Å². The predicted octanol–water partition coefficient (Wildman–Crippen LogP) is 6.94. The molecule has 0 aliphatic carbocycles. The molecule has 1 fully saturated rings. The second-order valence-electron chi connectivity index (χ2n) is 13.9. The summed E-state index contributed by atoms with van der Waals surface area (Å²) >= 11 is 0. The number of aromatic carboxylic acids is 2. The minimum atomic E-state index is -1.01. The third-order valence-electron chi connectivity index (χ3n) is 9.59. The van der Waals surface area contributed by atoms with Crippen LogP contribution in [0, 0.1) is 11.3 Å². The lowest BCUT2D eigenvalue weighted by atomic mass is 10.1. The van der Waals surface area contributed by atoms with E-state index in [0.717, 1.165) is 30.2 Å². The number of benzene rings is 2. The van der Waals surface area contributed by atoms with E-state index in [0.29, 0.717) is 50.7 Å². The lowest BCUT2D eigenvalue weighted by Crippen LogP contribution is -2.27. The molecular formula is C41H42N10O4. The van der Waals surface area contributed by atoms with Crippen LogP contribution in [0.4, 0.5) is 17.5 Å². The smallest absolute Gasteiger partial charge is 0.335 e. The highest BCUT2D eigenvalue weighted by Crippen LogP contribution is 2.32. The zero-order chi connectivity index (χ0) is 39.4. The Morgan fingerprint density at radius 2 is 1.24 bits per heavy atom. The summed E-state index contributed by atoms with van der Waals surface area (Å²) in [5.74, 6) is 0.325. The third-order valence-corrected chi connectivity index (χ3v) is 9.59. The van der Waals surface area contributed by atoms with Gasteiger partial charge in [-0.15, -0.1) is 0 Å². The lowest BCUT2D eigenvalue weighted by Gasteiger charge is -2.25. The maximum Gasteiger partial charge on any atom is 0.335 e. The molecule has 0 atom stereocenters. The van der Waals surface area contributed by atoms with Gasteiger partial charge in [0, 0.05) is 57.2 Å². The van der Waals surface area contributed by atoms with Gasteiger partial charge in [-0.3, -0.25) is 4.98 Å². The van der Waals surface area contributed by atoms with Gasteiger partial charge in [0.05, 0.1) is 44.5 Å². The molecule has 2 aromatic carbocycles. The van der Waals surface area contributed by atoms with E-state index >= 15 is 0 Å². The molecule has 0 bridgehead atoms. The maximum absolute atomic E-state index is 11.3. The molecule has 4 aromatic heterocycles. The van der Waals surface area contributed by atoms with Gasteiger partial charge in [-0.2, -0.15) is 5.26 Å². The van der Waals surface area contributed by atoms with Crippen LogP contribution in [0.5, 0.6) is 0 Å². The van der Waals surface area contributed by atoms with E-state index in [1.807, 2.05) is 62.1 Å². The zero-order valence-corrected chi connectivity index (χ0v) is 31.6. The second-order valence-corrected chi connectivity index (χ2v) is 13.9. The van der Waals surface area contributed by atoms with Gasteiger partial charge in [0.25, 0.3) is 0 Å². The van der Waals surface area contributed by atoms with E-state index in [-0.39, 0.29) is 23.2 Å². The number of anilines is 3. The van der Waals surface area contributed by atoms with Crippen molar-refractivity contribution in [2.24, 2.45) is 0 Å². The Morgan fingerprint density at radius 1 is 0.691 bits per heavy atom. The fraction of sp³-hybridized carbons (Fsp3) is 0.293. The van der Waals surface area contributed by atoms with Crippen LogP contribution in [0.1, 0.15) is 66.8 Å². The first-order valence-electron chi connectivity index (χ1n) is 18.0. The topological polar surface area (TPSA) is 185 Å². The Balaban J connectivity index is 0.000000188. The van der Waals surface area contributed by atoms with Gasteiger partial charge in [-0.05, 0) is 101 Å². The molecule has 14 heteroatoms. The molecule has 1 aliphatic rings.